The number of hydrogen-bond acceptors (Lipinski definition) is 4. The summed E-state index contributed by atoms with van der Waals surface area (Å²) in [5.41, 5.74) is 0.996. The van der Waals surface area contributed by atoms with Crippen molar-refractivity contribution in [1.29, 1.82) is 5.26 Å². The van der Waals surface area contributed by atoms with Crippen molar-refractivity contribution >= 4 is 0 Å². The molecule has 0 aliphatic heterocycles. The molecule has 4 nitrogen and oxygen atoms in total. The highest BCUT2D eigenvalue weighted by Gasteiger charge is 1.95. The molecule has 1 aromatic rings. The predicted molar refractivity (Wildman–Crippen MR) is 63.9 cm³/mol. The molecule has 0 saturated heterocycles. The molecule has 4 heteroatoms. The van der Waals surface area contributed by atoms with Gasteiger partial charge in [-0.05, 0) is 17.7 Å². The molecule has 0 amide bonds. The molecule has 0 aliphatic rings. The molecule has 1 aromatic carbocycles. The van der Waals surface area contributed by atoms with E-state index in [-0.39, 0.29) is 0 Å². The van der Waals surface area contributed by atoms with Crippen molar-refractivity contribution in [3.05, 3.63) is 29.8 Å². The highest BCUT2D eigenvalue weighted by Crippen LogP contribution is 2.12. The van der Waals surface area contributed by atoms with Crippen LogP contribution in [-0.2, 0) is 15.9 Å². The van der Waals surface area contributed by atoms with E-state index >= 15 is 0 Å². The van der Waals surface area contributed by atoms with Crippen LogP contribution in [0, 0.1) is 11.3 Å². The molecule has 92 valence electrons. The van der Waals surface area contributed by atoms with Crippen LogP contribution in [0.2, 0.25) is 0 Å². The lowest BCUT2D eigenvalue weighted by molar-refractivity contribution is 0.0544. The second-order valence-electron chi connectivity index (χ2n) is 3.43. The summed E-state index contributed by atoms with van der Waals surface area (Å²) in [6.45, 7) is 2.24. The summed E-state index contributed by atoms with van der Waals surface area (Å²) in [4.78, 5) is 0. The van der Waals surface area contributed by atoms with Crippen molar-refractivity contribution < 1.29 is 14.2 Å². The molecule has 0 atom stereocenters. The molecular weight excluding hydrogens is 218 g/mol. The van der Waals surface area contributed by atoms with Gasteiger partial charge in [-0.15, -0.1) is 0 Å². The maximum absolute atomic E-state index is 8.53. The summed E-state index contributed by atoms with van der Waals surface area (Å²) in [5.74, 6) is 0.794. The average molecular weight is 235 g/mol. The zero-order valence-electron chi connectivity index (χ0n) is 10.0. The van der Waals surface area contributed by atoms with Gasteiger partial charge in [0.15, 0.2) is 0 Å². The molecular formula is C13H17NO3. The van der Waals surface area contributed by atoms with Crippen molar-refractivity contribution in [2.24, 2.45) is 0 Å². The van der Waals surface area contributed by atoms with E-state index in [1.165, 1.54) is 0 Å². The Kier molecular flexibility index (Phi) is 6.80. The van der Waals surface area contributed by atoms with E-state index in [0.717, 1.165) is 11.3 Å². The molecule has 0 aromatic heterocycles. The molecule has 0 aliphatic carbocycles. The molecule has 0 radical (unpaired) electrons. The van der Waals surface area contributed by atoms with E-state index in [0.29, 0.717) is 32.8 Å². The molecule has 17 heavy (non-hydrogen) atoms. The predicted octanol–water partition coefficient (Wildman–Crippen LogP) is 1.79. The summed E-state index contributed by atoms with van der Waals surface area (Å²) < 4.78 is 15.6. The molecule has 0 bridgehead atoms. The van der Waals surface area contributed by atoms with Gasteiger partial charge in [0.2, 0.25) is 0 Å². The Morgan fingerprint density at radius 3 is 2.41 bits per heavy atom. The Morgan fingerprint density at radius 1 is 1.06 bits per heavy atom. The van der Waals surface area contributed by atoms with Crippen LogP contribution in [0.5, 0.6) is 5.75 Å². The van der Waals surface area contributed by atoms with E-state index in [2.05, 4.69) is 6.07 Å². The maximum Gasteiger partial charge on any atom is 0.119 e. The lowest BCUT2D eigenvalue weighted by Crippen LogP contribution is -2.09. The maximum atomic E-state index is 8.53. The quantitative estimate of drug-likeness (QED) is 0.645. The van der Waals surface area contributed by atoms with Crippen LogP contribution in [0.3, 0.4) is 0 Å². The second kappa shape index (κ2) is 8.57. The van der Waals surface area contributed by atoms with Crippen LogP contribution in [-0.4, -0.2) is 33.5 Å². The molecule has 0 spiro atoms. The molecule has 0 heterocycles. The van der Waals surface area contributed by atoms with Crippen molar-refractivity contribution in [1.82, 2.24) is 0 Å². The number of ether oxygens (including phenoxy) is 3. The smallest absolute Gasteiger partial charge is 0.119 e. The standard InChI is InChI=1S/C13H17NO3/c1-15-8-9-16-10-11-17-13-4-2-12(3-5-13)6-7-14/h2-5H,6,8-11H2,1H3. The number of nitriles is 1. The van der Waals surface area contributed by atoms with Gasteiger partial charge in [0.05, 0.1) is 32.3 Å². The van der Waals surface area contributed by atoms with Crippen molar-refractivity contribution in [3.8, 4) is 11.8 Å². The summed E-state index contributed by atoms with van der Waals surface area (Å²) >= 11 is 0. The van der Waals surface area contributed by atoms with Gasteiger partial charge in [-0.1, -0.05) is 12.1 Å². The van der Waals surface area contributed by atoms with Gasteiger partial charge in [0.1, 0.15) is 12.4 Å². The van der Waals surface area contributed by atoms with Crippen LogP contribution in [0.1, 0.15) is 5.56 Å². The second-order valence-corrected chi connectivity index (χ2v) is 3.43. The largest absolute Gasteiger partial charge is 0.491 e. The van der Waals surface area contributed by atoms with Crippen molar-refractivity contribution in [3.63, 3.8) is 0 Å². The van der Waals surface area contributed by atoms with Crippen molar-refractivity contribution in [2.75, 3.05) is 33.5 Å². The number of benzene rings is 1. The third kappa shape index (κ3) is 5.91. The Hall–Kier alpha value is -1.57. The number of hydrogen-bond donors (Lipinski definition) is 0. The topological polar surface area (TPSA) is 51.5 Å². The van der Waals surface area contributed by atoms with Crippen LogP contribution < -0.4 is 4.74 Å². The van der Waals surface area contributed by atoms with Crippen LogP contribution in [0.15, 0.2) is 24.3 Å². The summed E-state index contributed by atoms with van der Waals surface area (Å²) in [6.07, 6.45) is 0.431. The fourth-order valence-corrected chi connectivity index (χ4v) is 1.26. The Balaban J connectivity index is 2.17. The fourth-order valence-electron chi connectivity index (χ4n) is 1.26. The monoisotopic (exact) mass is 235 g/mol. The first-order valence-electron chi connectivity index (χ1n) is 5.52. The normalized spacial score (nSPS) is 9.88. The van der Waals surface area contributed by atoms with Gasteiger partial charge in [-0.2, -0.15) is 5.26 Å². The molecule has 1 rings (SSSR count). The number of methoxy groups -OCH3 is 1. The first-order chi connectivity index (χ1) is 8.36. The lowest BCUT2D eigenvalue weighted by Gasteiger charge is -2.07. The minimum Gasteiger partial charge on any atom is -0.491 e. The van der Waals surface area contributed by atoms with Gasteiger partial charge in [0, 0.05) is 7.11 Å². The number of rotatable bonds is 8. The van der Waals surface area contributed by atoms with Gasteiger partial charge in [0.25, 0.3) is 0 Å². The van der Waals surface area contributed by atoms with E-state index in [4.69, 9.17) is 19.5 Å². The fraction of sp³-hybridized carbons (Fsp3) is 0.462. The Morgan fingerprint density at radius 2 is 1.76 bits per heavy atom. The highest BCUT2D eigenvalue weighted by molar-refractivity contribution is 5.28. The van der Waals surface area contributed by atoms with Gasteiger partial charge >= 0.3 is 0 Å². The average Bonchev–Trinajstić information content (AvgIpc) is 2.36. The first kappa shape index (κ1) is 13.5. The molecule has 0 N–H and O–H groups in total. The zero-order chi connectivity index (χ0) is 12.3. The van der Waals surface area contributed by atoms with Crippen molar-refractivity contribution in [2.45, 2.75) is 6.42 Å². The first-order valence-corrected chi connectivity index (χ1v) is 5.52. The number of nitrogens with zero attached hydrogens (tertiary/aromatic N) is 1. The summed E-state index contributed by atoms with van der Waals surface area (Å²) in [6, 6.07) is 9.61. The Bertz CT molecular complexity index is 343. The minimum atomic E-state index is 0.431. The third-order valence-corrected chi connectivity index (χ3v) is 2.13. The zero-order valence-corrected chi connectivity index (χ0v) is 10.0. The SMILES string of the molecule is COCCOCCOc1ccc(CC#N)cc1. The summed E-state index contributed by atoms with van der Waals surface area (Å²) in [5, 5.41) is 8.53. The Labute approximate surface area is 102 Å². The van der Waals surface area contributed by atoms with E-state index in [1.807, 2.05) is 24.3 Å². The van der Waals surface area contributed by atoms with Crippen LogP contribution >= 0.6 is 0 Å². The third-order valence-electron chi connectivity index (χ3n) is 2.13. The minimum absolute atomic E-state index is 0.431. The highest BCUT2D eigenvalue weighted by atomic mass is 16.5. The van der Waals surface area contributed by atoms with Gasteiger partial charge in [-0.25, -0.2) is 0 Å². The van der Waals surface area contributed by atoms with Gasteiger partial charge < -0.3 is 14.2 Å². The summed E-state index contributed by atoms with van der Waals surface area (Å²) in [7, 11) is 1.64. The van der Waals surface area contributed by atoms with Crippen LogP contribution in [0.4, 0.5) is 0 Å². The van der Waals surface area contributed by atoms with Crippen LogP contribution in [0.25, 0.3) is 0 Å². The molecule has 0 fully saturated rings. The molecule has 0 saturated carbocycles. The van der Waals surface area contributed by atoms with Gasteiger partial charge in [-0.3, -0.25) is 0 Å². The van der Waals surface area contributed by atoms with E-state index < -0.39 is 0 Å². The molecule has 0 unspecified atom stereocenters. The lowest BCUT2D eigenvalue weighted by atomic mass is 10.2. The van der Waals surface area contributed by atoms with E-state index in [9.17, 15) is 0 Å². The van der Waals surface area contributed by atoms with E-state index in [1.54, 1.807) is 7.11 Å².